The average molecular weight is 374 g/mol. The van der Waals surface area contributed by atoms with Gasteiger partial charge in [0.1, 0.15) is 5.75 Å². The molecule has 1 aliphatic rings. The van der Waals surface area contributed by atoms with Crippen molar-refractivity contribution in [1.82, 2.24) is 4.90 Å². The van der Waals surface area contributed by atoms with Gasteiger partial charge >= 0.3 is 0 Å². The summed E-state index contributed by atoms with van der Waals surface area (Å²) in [6, 6.07) is 19.9. The van der Waals surface area contributed by atoms with Crippen molar-refractivity contribution in [2.75, 3.05) is 25.5 Å². The number of likely N-dealkylation sites (tertiary alicyclic amines) is 1. The molecule has 0 saturated carbocycles. The zero-order valence-electron chi connectivity index (χ0n) is 16.3. The van der Waals surface area contributed by atoms with E-state index in [2.05, 4.69) is 22.3 Å². The first-order valence-electron chi connectivity index (χ1n) is 9.92. The van der Waals surface area contributed by atoms with E-state index in [1.165, 1.54) is 37.9 Å². The van der Waals surface area contributed by atoms with Gasteiger partial charge in [-0.2, -0.15) is 0 Å². The first-order valence-corrected chi connectivity index (χ1v) is 9.92. The van der Waals surface area contributed by atoms with Crippen LogP contribution in [0.1, 0.15) is 35.2 Å². The van der Waals surface area contributed by atoms with Gasteiger partial charge in [-0.3, -0.25) is 9.69 Å². The monoisotopic (exact) mass is 374 g/mol. The topological polar surface area (TPSA) is 41.6 Å². The Morgan fingerprint density at radius 3 is 2.32 bits per heavy atom. The third-order valence-electron chi connectivity index (χ3n) is 5.38. The molecule has 1 aliphatic heterocycles. The number of fused-ring (bicyclic) bond motifs is 1. The molecule has 4 heteroatoms. The quantitative estimate of drug-likeness (QED) is 0.677. The predicted octanol–water partition coefficient (Wildman–Crippen LogP) is 5.09. The van der Waals surface area contributed by atoms with Crippen LogP contribution in [0, 0.1) is 0 Å². The highest BCUT2D eigenvalue weighted by molar-refractivity contribution is 6.08. The molecule has 1 fully saturated rings. The van der Waals surface area contributed by atoms with Gasteiger partial charge in [0, 0.05) is 12.2 Å². The number of anilines is 1. The molecule has 1 heterocycles. The van der Waals surface area contributed by atoms with E-state index in [0.717, 1.165) is 23.0 Å². The summed E-state index contributed by atoms with van der Waals surface area (Å²) in [5.74, 6) is 0.421. The van der Waals surface area contributed by atoms with E-state index in [4.69, 9.17) is 4.74 Å². The van der Waals surface area contributed by atoms with Crippen LogP contribution in [0.15, 0.2) is 60.7 Å². The molecule has 1 amide bonds. The van der Waals surface area contributed by atoms with Gasteiger partial charge in [0.2, 0.25) is 0 Å². The molecule has 3 aromatic carbocycles. The number of nitrogens with zero attached hydrogens (tertiary/aromatic N) is 1. The van der Waals surface area contributed by atoms with Gasteiger partial charge in [-0.05, 0) is 66.5 Å². The normalized spacial score (nSPS) is 14.8. The van der Waals surface area contributed by atoms with Crippen LogP contribution in [0.2, 0.25) is 0 Å². The van der Waals surface area contributed by atoms with Crippen molar-refractivity contribution in [1.29, 1.82) is 0 Å². The van der Waals surface area contributed by atoms with Crippen LogP contribution >= 0.6 is 0 Å². The summed E-state index contributed by atoms with van der Waals surface area (Å²) in [6.45, 7) is 3.34. The highest BCUT2D eigenvalue weighted by Crippen LogP contribution is 2.27. The lowest BCUT2D eigenvalue weighted by atomic mass is 10.0. The molecule has 3 aromatic rings. The Labute approximate surface area is 166 Å². The van der Waals surface area contributed by atoms with Gasteiger partial charge in [0.15, 0.2) is 0 Å². The average Bonchev–Trinajstić information content (AvgIpc) is 2.75. The zero-order chi connectivity index (χ0) is 19.3. The number of carbonyl (C=O) groups is 1. The Hall–Kier alpha value is -2.85. The molecule has 28 heavy (non-hydrogen) atoms. The fourth-order valence-electron chi connectivity index (χ4n) is 3.83. The summed E-state index contributed by atoms with van der Waals surface area (Å²) in [7, 11) is 1.59. The van der Waals surface area contributed by atoms with Crippen LogP contribution in [0.4, 0.5) is 5.69 Å². The molecule has 144 valence electrons. The highest BCUT2D eigenvalue weighted by Gasteiger charge is 2.14. The van der Waals surface area contributed by atoms with Crippen molar-refractivity contribution in [3.63, 3.8) is 0 Å². The number of methoxy groups -OCH3 is 1. The van der Waals surface area contributed by atoms with Crippen LogP contribution in [0.3, 0.4) is 0 Å². The number of benzene rings is 3. The third kappa shape index (κ3) is 4.18. The van der Waals surface area contributed by atoms with Gasteiger partial charge < -0.3 is 10.1 Å². The van der Waals surface area contributed by atoms with Crippen LogP contribution in [0.25, 0.3) is 10.8 Å². The maximum atomic E-state index is 12.8. The van der Waals surface area contributed by atoms with E-state index in [0.29, 0.717) is 11.3 Å². The summed E-state index contributed by atoms with van der Waals surface area (Å²) >= 11 is 0. The lowest BCUT2D eigenvalue weighted by Crippen LogP contribution is -2.29. The van der Waals surface area contributed by atoms with Crippen LogP contribution < -0.4 is 10.1 Å². The van der Waals surface area contributed by atoms with Crippen molar-refractivity contribution in [2.45, 2.75) is 25.8 Å². The third-order valence-corrected chi connectivity index (χ3v) is 5.38. The maximum absolute atomic E-state index is 12.8. The Kier molecular flexibility index (Phi) is 5.58. The summed E-state index contributed by atoms with van der Waals surface area (Å²) in [4.78, 5) is 15.3. The molecule has 0 atom stereocenters. The summed E-state index contributed by atoms with van der Waals surface area (Å²) in [5.41, 5.74) is 2.62. The minimum atomic E-state index is -0.161. The first-order chi connectivity index (χ1) is 13.7. The maximum Gasteiger partial charge on any atom is 0.259 e. The Balaban J connectivity index is 1.48. The molecule has 1 saturated heterocycles. The fraction of sp³-hybridized carbons (Fsp3) is 0.292. The predicted molar refractivity (Wildman–Crippen MR) is 114 cm³/mol. The van der Waals surface area contributed by atoms with E-state index in [9.17, 15) is 4.79 Å². The van der Waals surface area contributed by atoms with E-state index in [1.54, 1.807) is 7.11 Å². The number of nitrogens with one attached hydrogen (secondary N) is 1. The van der Waals surface area contributed by atoms with Crippen LogP contribution in [-0.2, 0) is 6.54 Å². The van der Waals surface area contributed by atoms with Crippen LogP contribution in [0.5, 0.6) is 5.75 Å². The molecule has 0 bridgehead atoms. The lowest BCUT2D eigenvalue weighted by Gasteiger charge is -2.26. The van der Waals surface area contributed by atoms with Gasteiger partial charge in [0.25, 0.3) is 5.91 Å². The smallest absolute Gasteiger partial charge is 0.259 e. The summed E-state index contributed by atoms with van der Waals surface area (Å²) in [6.07, 6.45) is 3.93. The van der Waals surface area contributed by atoms with Gasteiger partial charge in [-0.1, -0.05) is 42.8 Å². The van der Waals surface area contributed by atoms with Gasteiger partial charge in [0.05, 0.1) is 12.7 Å². The fourth-order valence-corrected chi connectivity index (χ4v) is 3.83. The Morgan fingerprint density at radius 1 is 0.964 bits per heavy atom. The first kappa shape index (κ1) is 18.5. The number of hydrogen-bond donors (Lipinski definition) is 1. The standard InChI is InChI=1S/C24H26N2O2/c1-28-23-16-20-8-4-3-7-19(20)15-22(23)24(27)25-21-11-9-18(10-12-21)17-26-13-5-2-6-14-26/h3-4,7-12,15-16H,2,5-6,13-14,17H2,1H3,(H,25,27). The zero-order valence-corrected chi connectivity index (χ0v) is 16.3. The minimum absolute atomic E-state index is 0.161. The molecule has 1 N–H and O–H groups in total. The molecular formula is C24H26N2O2. The number of piperidine rings is 1. The number of ether oxygens (including phenoxy) is 1. The van der Waals surface area contributed by atoms with Crippen LogP contribution in [-0.4, -0.2) is 31.0 Å². The number of amides is 1. The second-order valence-corrected chi connectivity index (χ2v) is 7.39. The largest absolute Gasteiger partial charge is 0.496 e. The van der Waals surface area contributed by atoms with Crippen molar-refractivity contribution < 1.29 is 9.53 Å². The number of hydrogen-bond acceptors (Lipinski definition) is 3. The van der Waals surface area contributed by atoms with Crippen molar-refractivity contribution in [3.05, 3.63) is 71.8 Å². The Morgan fingerprint density at radius 2 is 1.64 bits per heavy atom. The molecule has 0 aliphatic carbocycles. The molecule has 0 unspecified atom stereocenters. The Bertz CT molecular complexity index is 960. The number of rotatable bonds is 5. The van der Waals surface area contributed by atoms with Crippen molar-refractivity contribution >= 4 is 22.4 Å². The molecular weight excluding hydrogens is 348 g/mol. The SMILES string of the molecule is COc1cc2ccccc2cc1C(=O)Nc1ccc(CN2CCCCC2)cc1. The van der Waals surface area contributed by atoms with Gasteiger partial charge in [-0.25, -0.2) is 0 Å². The van der Waals surface area contributed by atoms with E-state index in [-0.39, 0.29) is 5.91 Å². The van der Waals surface area contributed by atoms with Crippen molar-refractivity contribution in [3.8, 4) is 5.75 Å². The molecule has 0 aromatic heterocycles. The molecule has 0 spiro atoms. The molecule has 4 rings (SSSR count). The molecule has 0 radical (unpaired) electrons. The van der Waals surface area contributed by atoms with E-state index >= 15 is 0 Å². The van der Waals surface area contributed by atoms with E-state index in [1.807, 2.05) is 48.5 Å². The minimum Gasteiger partial charge on any atom is -0.496 e. The summed E-state index contributed by atoms with van der Waals surface area (Å²) in [5, 5.41) is 5.07. The summed E-state index contributed by atoms with van der Waals surface area (Å²) < 4.78 is 5.45. The second-order valence-electron chi connectivity index (χ2n) is 7.39. The van der Waals surface area contributed by atoms with Gasteiger partial charge in [-0.15, -0.1) is 0 Å². The highest BCUT2D eigenvalue weighted by atomic mass is 16.5. The molecule has 4 nitrogen and oxygen atoms in total. The number of carbonyl (C=O) groups excluding carboxylic acids is 1. The second kappa shape index (κ2) is 8.44. The lowest BCUT2D eigenvalue weighted by molar-refractivity contribution is 0.102. The van der Waals surface area contributed by atoms with Crippen molar-refractivity contribution in [2.24, 2.45) is 0 Å². The van der Waals surface area contributed by atoms with E-state index < -0.39 is 0 Å².